The minimum Gasteiger partial charge on any atom is -0.439 e. The number of pyridine rings is 1. The van der Waals surface area contributed by atoms with Crippen molar-refractivity contribution in [3.63, 3.8) is 0 Å². The third-order valence-electron chi connectivity index (χ3n) is 3.34. The van der Waals surface area contributed by atoms with Crippen molar-refractivity contribution in [2.24, 2.45) is 0 Å². The van der Waals surface area contributed by atoms with Gasteiger partial charge in [0.15, 0.2) is 0 Å². The van der Waals surface area contributed by atoms with E-state index in [4.69, 9.17) is 4.74 Å². The van der Waals surface area contributed by atoms with E-state index in [9.17, 15) is 5.11 Å². The third-order valence-corrected chi connectivity index (χ3v) is 3.34. The first kappa shape index (κ1) is 14.5. The highest BCUT2D eigenvalue weighted by atomic mass is 16.5. The molecule has 0 amide bonds. The minimum atomic E-state index is -0.512. The zero-order valence-electron chi connectivity index (χ0n) is 12.4. The molecule has 1 aromatic heterocycles. The van der Waals surface area contributed by atoms with Gasteiger partial charge in [0, 0.05) is 12.3 Å². The number of benzene rings is 1. The predicted molar refractivity (Wildman–Crippen MR) is 80.2 cm³/mol. The number of aryl methyl sites for hydroxylation is 1. The van der Waals surface area contributed by atoms with Gasteiger partial charge in [-0.25, -0.2) is 4.98 Å². The number of rotatable bonds is 4. The number of ether oxygens (including phenoxy) is 1. The summed E-state index contributed by atoms with van der Waals surface area (Å²) in [6, 6.07) is 9.86. The Hall–Kier alpha value is -1.87. The van der Waals surface area contributed by atoms with Gasteiger partial charge in [-0.1, -0.05) is 26.0 Å². The van der Waals surface area contributed by atoms with Crippen LogP contribution >= 0.6 is 0 Å². The van der Waals surface area contributed by atoms with Crippen molar-refractivity contribution in [1.82, 2.24) is 4.98 Å². The highest BCUT2D eigenvalue weighted by molar-refractivity contribution is 5.40. The third kappa shape index (κ3) is 3.36. The van der Waals surface area contributed by atoms with Gasteiger partial charge in [0.1, 0.15) is 5.75 Å². The molecule has 2 aromatic rings. The molecule has 0 spiro atoms. The molecule has 0 radical (unpaired) electrons. The number of hydrogen-bond donors (Lipinski definition) is 1. The second kappa shape index (κ2) is 6.06. The van der Waals surface area contributed by atoms with Gasteiger partial charge in [-0.15, -0.1) is 0 Å². The van der Waals surface area contributed by atoms with E-state index in [1.165, 1.54) is 5.56 Å². The molecule has 0 saturated heterocycles. The molecule has 0 bridgehead atoms. The molecule has 0 aliphatic carbocycles. The quantitative estimate of drug-likeness (QED) is 0.898. The van der Waals surface area contributed by atoms with Crippen LogP contribution in [-0.4, -0.2) is 10.1 Å². The summed E-state index contributed by atoms with van der Waals surface area (Å²) in [4.78, 5) is 4.23. The second-order valence-electron chi connectivity index (χ2n) is 5.39. The van der Waals surface area contributed by atoms with Crippen LogP contribution in [0.1, 0.15) is 49.5 Å². The monoisotopic (exact) mass is 271 g/mol. The van der Waals surface area contributed by atoms with E-state index >= 15 is 0 Å². The van der Waals surface area contributed by atoms with Gasteiger partial charge in [-0.2, -0.15) is 0 Å². The zero-order valence-corrected chi connectivity index (χ0v) is 12.4. The smallest absolute Gasteiger partial charge is 0.219 e. The molecular weight excluding hydrogens is 250 g/mol. The molecular formula is C17H21NO2. The maximum Gasteiger partial charge on any atom is 0.219 e. The SMILES string of the molecule is Cc1ccc(C(C)C)cc1Oc1ccc([C@@H](C)O)cn1. The largest absolute Gasteiger partial charge is 0.439 e. The van der Waals surface area contributed by atoms with Crippen LogP contribution in [0.3, 0.4) is 0 Å². The fourth-order valence-electron chi connectivity index (χ4n) is 1.90. The van der Waals surface area contributed by atoms with Crippen LogP contribution in [0.4, 0.5) is 0 Å². The van der Waals surface area contributed by atoms with Crippen LogP contribution in [0.25, 0.3) is 0 Å². The lowest BCUT2D eigenvalue weighted by Crippen LogP contribution is -1.96. The lowest BCUT2D eigenvalue weighted by atomic mass is 10.0. The summed E-state index contributed by atoms with van der Waals surface area (Å²) < 4.78 is 5.84. The first-order chi connectivity index (χ1) is 9.47. The molecule has 1 heterocycles. The summed E-state index contributed by atoms with van der Waals surface area (Å²) in [7, 11) is 0. The van der Waals surface area contributed by atoms with E-state index in [2.05, 4.69) is 37.0 Å². The molecule has 0 unspecified atom stereocenters. The molecule has 3 heteroatoms. The van der Waals surface area contributed by atoms with Crippen LogP contribution in [-0.2, 0) is 0 Å². The molecule has 0 aliphatic rings. The number of aliphatic hydroxyl groups is 1. The number of nitrogens with zero attached hydrogens (tertiary/aromatic N) is 1. The Morgan fingerprint density at radius 1 is 1.05 bits per heavy atom. The summed E-state index contributed by atoms with van der Waals surface area (Å²) in [5.41, 5.74) is 3.10. The van der Waals surface area contributed by atoms with E-state index < -0.39 is 6.10 Å². The molecule has 1 aromatic carbocycles. The Morgan fingerprint density at radius 2 is 1.75 bits per heavy atom. The summed E-state index contributed by atoms with van der Waals surface area (Å²) in [5.74, 6) is 1.83. The van der Waals surface area contributed by atoms with Crippen LogP contribution in [0, 0.1) is 6.92 Å². The maximum atomic E-state index is 9.47. The van der Waals surface area contributed by atoms with Gasteiger partial charge in [0.05, 0.1) is 6.10 Å². The molecule has 3 nitrogen and oxygen atoms in total. The fourth-order valence-corrected chi connectivity index (χ4v) is 1.90. The molecule has 20 heavy (non-hydrogen) atoms. The van der Waals surface area contributed by atoms with Gasteiger partial charge >= 0.3 is 0 Å². The lowest BCUT2D eigenvalue weighted by molar-refractivity contribution is 0.198. The zero-order chi connectivity index (χ0) is 14.7. The molecule has 0 fully saturated rings. The topological polar surface area (TPSA) is 42.4 Å². The molecule has 1 atom stereocenters. The number of aliphatic hydroxyl groups excluding tert-OH is 1. The van der Waals surface area contributed by atoms with Gasteiger partial charge in [0.25, 0.3) is 0 Å². The van der Waals surface area contributed by atoms with E-state index in [0.29, 0.717) is 11.8 Å². The molecule has 106 valence electrons. The Balaban J connectivity index is 2.23. The number of hydrogen-bond acceptors (Lipinski definition) is 3. The van der Waals surface area contributed by atoms with Crippen LogP contribution in [0.2, 0.25) is 0 Å². The number of aromatic nitrogens is 1. The van der Waals surface area contributed by atoms with E-state index in [1.54, 1.807) is 19.2 Å². The van der Waals surface area contributed by atoms with Crippen molar-refractivity contribution >= 4 is 0 Å². The normalized spacial score (nSPS) is 12.5. The highest BCUT2D eigenvalue weighted by Gasteiger charge is 2.07. The van der Waals surface area contributed by atoms with Gasteiger partial charge < -0.3 is 9.84 Å². The lowest BCUT2D eigenvalue weighted by Gasteiger charge is -2.12. The van der Waals surface area contributed by atoms with Crippen LogP contribution in [0.5, 0.6) is 11.6 Å². The average molecular weight is 271 g/mol. The molecule has 1 N–H and O–H groups in total. The Bertz CT molecular complexity index is 574. The average Bonchev–Trinajstić information content (AvgIpc) is 2.41. The van der Waals surface area contributed by atoms with E-state index in [0.717, 1.165) is 16.9 Å². The fraction of sp³-hybridized carbons (Fsp3) is 0.353. The summed E-state index contributed by atoms with van der Waals surface area (Å²) in [6.07, 6.45) is 1.13. The first-order valence-electron chi connectivity index (χ1n) is 6.90. The van der Waals surface area contributed by atoms with E-state index in [-0.39, 0.29) is 0 Å². The first-order valence-corrected chi connectivity index (χ1v) is 6.90. The van der Waals surface area contributed by atoms with Gasteiger partial charge in [-0.05, 0) is 48.6 Å². The minimum absolute atomic E-state index is 0.462. The van der Waals surface area contributed by atoms with Crippen molar-refractivity contribution in [3.8, 4) is 11.6 Å². The van der Waals surface area contributed by atoms with Crippen LogP contribution < -0.4 is 4.74 Å². The summed E-state index contributed by atoms with van der Waals surface area (Å²) >= 11 is 0. The van der Waals surface area contributed by atoms with Crippen molar-refractivity contribution in [2.75, 3.05) is 0 Å². The van der Waals surface area contributed by atoms with E-state index in [1.807, 2.05) is 13.0 Å². The molecule has 0 aliphatic heterocycles. The second-order valence-corrected chi connectivity index (χ2v) is 5.39. The van der Waals surface area contributed by atoms with Crippen molar-refractivity contribution in [1.29, 1.82) is 0 Å². The predicted octanol–water partition coefficient (Wildman–Crippen LogP) is 4.36. The highest BCUT2D eigenvalue weighted by Crippen LogP contribution is 2.28. The van der Waals surface area contributed by atoms with Crippen molar-refractivity contribution < 1.29 is 9.84 Å². The van der Waals surface area contributed by atoms with Gasteiger partial charge in [-0.3, -0.25) is 0 Å². The van der Waals surface area contributed by atoms with Crippen molar-refractivity contribution in [2.45, 2.75) is 39.7 Å². The maximum absolute atomic E-state index is 9.47. The summed E-state index contributed by atoms with van der Waals surface area (Å²) in [6.45, 7) is 8.05. The van der Waals surface area contributed by atoms with Crippen LogP contribution in [0.15, 0.2) is 36.5 Å². The molecule has 2 rings (SSSR count). The Labute approximate surface area is 120 Å². The standard InChI is InChI=1S/C17H21NO2/c1-11(2)14-6-5-12(3)16(9-14)20-17-8-7-15(10-18-17)13(4)19/h5-11,13,19H,1-4H3/t13-/m1/s1. The molecule has 0 saturated carbocycles. The Morgan fingerprint density at radius 3 is 2.30 bits per heavy atom. The van der Waals surface area contributed by atoms with Gasteiger partial charge in [0.2, 0.25) is 5.88 Å². The Kier molecular flexibility index (Phi) is 4.40. The summed E-state index contributed by atoms with van der Waals surface area (Å²) in [5, 5.41) is 9.47. The van der Waals surface area contributed by atoms with Crippen molar-refractivity contribution in [3.05, 3.63) is 53.2 Å².